The summed E-state index contributed by atoms with van der Waals surface area (Å²) in [5.41, 5.74) is -1.84. The molecule has 176 valence electrons. The summed E-state index contributed by atoms with van der Waals surface area (Å²) in [4.78, 5) is 25.1. The highest BCUT2D eigenvalue weighted by Gasteiger charge is 2.56. The molecule has 0 heterocycles. The van der Waals surface area contributed by atoms with Crippen LogP contribution >= 0.6 is 11.6 Å². The van der Waals surface area contributed by atoms with Gasteiger partial charge in [0.15, 0.2) is 0 Å². The molecule has 4 bridgehead atoms. The highest BCUT2D eigenvalue weighted by atomic mass is 35.5. The minimum atomic E-state index is -4.45. The Morgan fingerprint density at radius 1 is 1.12 bits per heavy atom. The van der Waals surface area contributed by atoms with Gasteiger partial charge in [0, 0.05) is 17.3 Å². The summed E-state index contributed by atoms with van der Waals surface area (Å²) in [5.74, 6) is 0.617. The fourth-order valence-corrected chi connectivity index (χ4v) is 6.33. The van der Waals surface area contributed by atoms with Gasteiger partial charge in [-0.15, -0.1) is 11.6 Å². The molecule has 4 saturated carbocycles. The fraction of sp³-hybridized carbons (Fsp3) is 0.652. The van der Waals surface area contributed by atoms with Crippen LogP contribution in [0.2, 0.25) is 0 Å². The lowest BCUT2D eigenvalue weighted by Crippen LogP contribution is -2.68. The van der Waals surface area contributed by atoms with E-state index in [0.29, 0.717) is 5.92 Å². The molecule has 0 aliphatic heterocycles. The molecule has 5 rings (SSSR count). The predicted octanol–water partition coefficient (Wildman–Crippen LogP) is 4.31. The van der Waals surface area contributed by atoms with E-state index in [4.69, 9.17) is 11.6 Å². The second-order valence-electron chi connectivity index (χ2n) is 10.3. The minimum absolute atomic E-state index is 0.00247. The lowest BCUT2D eigenvalue weighted by atomic mass is 9.51. The Bertz CT molecular complexity index is 889. The summed E-state index contributed by atoms with van der Waals surface area (Å²) < 4.78 is 39.1. The molecule has 4 aliphatic rings. The molecule has 4 fully saturated rings. The van der Waals surface area contributed by atoms with Crippen LogP contribution in [0.4, 0.5) is 18.9 Å². The molecule has 4 aliphatic carbocycles. The van der Waals surface area contributed by atoms with E-state index >= 15 is 0 Å². The van der Waals surface area contributed by atoms with Crippen LogP contribution < -0.4 is 16.0 Å². The van der Waals surface area contributed by atoms with Crippen LogP contribution in [-0.4, -0.2) is 34.8 Å². The molecule has 2 amide bonds. The minimum Gasteiger partial charge on any atom is -0.372 e. The Balaban J connectivity index is 1.44. The summed E-state index contributed by atoms with van der Waals surface area (Å²) in [6, 6.07) is 4.87. The molecule has 3 N–H and O–H groups in total. The standard InChI is InChI=1S/C23H29ClF3N3O2/c1-21(2,29-17-5-3-4-16(8-17)23(25,26)27)20(32)28-19-14-6-13-7-15(19)11-22(9-13,10-14)30-18(31)12-24/h3-5,8,13-15,19,29H,6-7,9-12H2,1-2H3,(H,28,32)(H,30,31)/t13?,14-,15+,19+,22+. The Labute approximate surface area is 190 Å². The first-order valence-electron chi connectivity index (χ1n) is 11.0. The quantitative estimate of drug-likeness (QED) is 0.541. The predicted molar refractivity (Wildman–Crippen MR) is 116 cm³/mol. The van der Waals surface area contributed by atoms with Gasteiger partial charge in [-0.25, -0.2) is 0 Å². The maximum Gasteiger partial charge on any atom is 0.416 e. The number of nitrogens with one attached hydrogen (secondary N) is 3. The van der Waals surface area contributed by atoms with Gasteiger partial charge >= 0.3 is 6.18 Å². The molecular formula is C23H29ClF3N3O2. The smallest absolute Gasteiger partial charge is 0.372 e. The maximum atomic E-state index is 13.2. The molecule has 5 atom stereocenters. The van der Waals surface area contributed by atoms with Crippen LogP contribution in [0.5, 0.6) is 0 Å². The van der Waals surface area contributed by atoms with Crippen molar-refractivity contribution in [2.45, 2.75) is 69.2 Å². The van der Waals surface area contributed by atoms with Crippen molar-refractivity contribution in [3.8, 4) is 0 Å². The third kappa shape index (κ3) is 4.56. The van der Waals surface area contributed by atoms with Crippen molar-refractivity contribution in [3.05, 3.63) is 29.8 Å². The lowest BCUT2D eigenvalue weighted by Gasteiger charge is -2.60. The molecule has 5 nitrogen and oxygen atoms in total. The summed E-state index contributed by atoms with van der Waals surface area (Å²) in [7, 11) is 0. The number of carbonyl (C=O) groups excluding carboxylic acids is 2. The maximum absolute atomic E-state index is 13.2. The van der Waals surface area contributed by atoms with Crippen molar-refractivity contribution >= 4 is 29.1 Å². The fourth-order valence-electron chi connectivity index (χ4n) is 6.26. The van der Waals surface area contributed by atoms with Crippen LogP contribution in [0.1, 0.15) is 51.5 Å². The molecule has 0 radical (unpaired) electrons. The Morgan fingerprint density at radius 2 is 1.78 bits per heavy atom. The van der Waals surface area contributed by atoms with Gasteiger partial charge in [-0.05, 0) is 81.9 Å². The number of hydrogen-bond donors (Lipinski definition) is 3. The summed E-state index contributed by atoms with van der Waals surface area (Å²) in [5, 5.41) is 9.29. The number of hydrogen-bond acceptors (Lipinski definition) is 3. The SMILES string of the molecule is CC(C)(Nc1cccc(C(F)(F)F)c1)C(=O)N[C@H]1[C@@H]2CC3C[C@H]1C[C@](NC(=O)CCl)(C3)C2. The first-order chi connectivity index (χ1) is 14.9. The third-order valence-corrected chi connectivity index (χ3v) is 7.55. The van der Waals surface area contributed by atoms with Crippen LogP contribution in [-0.2, 0) is 15.8 Å². The van der Waals surface area contributed by atoms with Crippen molar-refractivity contribution in [1.29, 1.82) is 0 Å². The molecule has 0 saturated heterocycles. The zero-order valence-corrected chi connectivity index (χ0v) is 18.9. The first-order valence-corrected chi connectivity index (χ1v) is 11.6. The van der Waals surface area contributed by atoms with Gasteiger partial charge in [0.05, 0.1) is 5.56 Å². The summed E-state index contributed by atoms with van der Waals surface area (Å²) >= 11 is 5.70. The molecular weight excluding hydrogens is 443 g/mol. The number of anilines is 1. The van der Waals surface area contributed by atoms with Gasteiger partial charge in [-0.3, -0.25) is 9.59 Å². The zero-order valence-electron chi connectivity index (χ0n) is 18.2. The van der Waals surface area contributed by atoms with Crippen LogP contribution in [0.25, 0.3) is 0 Å². The topological polar surface area (TPSA) is 70.2 Å². The highest BCUT2D eigenvalue weighted by Crippen LogP contribution is 2.55. The molecule has 32 heavy (non-hydrogen) atoms. The number of alkyl halides is 4. The van der Waals surface area contributed by atoms with Crippen molar-refractivity contribution in [3.63, 3.8) is 0 Å². The van der Waals surface area contributed by atoms with Crippen molar-refractivity contribution in [2.24, 2.45) is 17.8 Å². The van der Waals surface area contributed by atoms with E-state index in [1.807, 2.05) is 0 Å². The second kappa shape index (κ2) is 8.12. The van der Waals surface area contributed by atoms with Crippen molar-refractivity contribution < 1.29 is 22.8 Å². The van der Waals surface area contributed by atoms with Crippen LogP contribution in [0.15, 0.2) is 24.3 Å². The second-order valence-corrected chi connectivity index (χ2v) is 10.5. The van der Waals surface area contributed by atoms with Gasteiger partial charge in [-0.1, -0.05) is 6.07 Å². The van der Waals surface area contributed by atoms with Gasteiger partial charge in [0.1, 0.15) is 11.4 Å². The summed E-state index contributed by atoms with van der Waals surface area (Å²) in [6.45, 7) is 3.34. The molecule has 9 heteroatoms. The van der Waals surface area contributed by atoms with E-state index in [-0.39, 0.29) is 46.8 Å². The molecule has 1 unspecified atom stereocenters. The van der Waals surface area contributed by atoms with Gasteiger partial charge in [0.2, 0.25) is 11.8 Å². The van der Waals surface area contributed by atoms with E-state index in [9.17, 15) is 22.8 Å². The van der Waals surface area contributed by atoms with E-state index in [1.165, 1.54) is 12.1 Å². The number of carbonyl (C=O) groups is 2. The third-order valence-electron chi connectivity index (χ3n) is 7.31. The zero-order chi connectivity index (χ0) is 23.3. The average molecular weight is 472 g/mol. The number of amides is 2. The largest absolute Gasteiger partial charge is 0.416 e. The Hall–Kier alpha value is -1.96. The molecule has 1 aromatic carbocycles. The molecule has 0 spiro atoms. The van der Waals surface area contributed by atoms with Gasteiger partial charge in [-0.2, -0.15) is 13.2 Å². The lowest BCUT2D eigenvalue weighted by molar-refractivity contribution is -0.137. The highest BCUT2D eigenvalue weighted by molar-refractivity contribution is 6.27. The normalized spacial score (nSPS) is 31.3. The van der Waals surface area contributed by atoms with E-state index in [0.717, 1.165) is 44.2 Å². The van der Waals surface area contributed by atoms with Crippen LogP contribution in [0, 0.1) is 17.8 Å². The van der Waals surface area contributed by atoms with Crippen LogP contribution in [0.3, 0.4) is 0 Å². The van der Waals surface area contributed by atoms with Gasteiger partial charge in [0.25, 0.3) is 0 Å². The van der Waals surface area contributed by atoms with Crippen molar-refractivity contribution in [2.75, 3.05) is 11.2 Å². The van der Waals surface area contributed by atoms with Crippen molar-refractivity contribution in [1.82, 2.24) is 10.6 Å². The van der Waals surface area contributed by atoms with E-state index < -0.39 is 17.3 Å². The Kier molecular flexibility index (Phi) is 5.89. The van der Waals surface area contributed by atoms with Gasteiger partial charge < -0.3 is 16.0 Å². The van der Waals surface area contributed by atoms with E-state index in [1.54, 1.807) is 13.8 Å². The molecule has 0 aromatic heterocycles. The molecule has 1 aromatic rings. The number of rotatable bonds is 6. The average Bonchev–Trinajstić information content (AvgIpc) is 2.68. The number of halogens is 4. The Morgan fingerprint density at radius 3 is 2.38 bits per heavy atom. The first kappa shape index (κ1) is 23.2. The monoisotopic (exact) mass is 471 g/mol. The summed E-state index contributed by atoms with van der Waals surface area (Å²) in [6.07, 6.45) is 0.179. The van der Waals surface area contributed by atoms with E-state index in [2.05, 4.69) is 16.0 Å². The number of benzene rings is 1.